The number of benzene rings is 1. The van der Waals surface area contributed by atoms with Crippen molar-refractivity contribution in [1.29, 1.82) is 0 Å². The predicted octanol–water partition coefficient (Wildman–Crippen LogP) is 3.32. The van der Waals surface area contributed by atoms with Gasteiger partial charge in [-0.05, 0) is 43.2 Å². The van der Waals surface area contributed by atoms with Crippen LogP contribution in [0.5, 0.6) is 0 Å². The van der Waals surface area contributed by atoms with Crippen LogP contribution in [-0.4, -0.2) is 24.3 Å². The normalized spacial score (nSPS) is 25.2. The minimum atomic E-state index is 0.301. The first-order valence-electron chi connectivity index (χ1n) is 7.70. The fourth-order valence-electron chi connectivity index (χ4n) is 3.15. The van der Waals surface area contributed by atoms with Gasteiger partial charge in [-0.25, -0.2) is 0 Å². The van der Waals surface area contributed by atoms with Crippen LogP contribution in [0.3, 0.4) is 0 Å². The molecule has 2 rings (SSSR count). The standard InChI is InChI=1S/C17H27NO/c1-14(11-12-19)13-18-17-10-6-5-9-16(17)15-7-3-2-4-8-15/h2-4,7-8,14,16-19H,5-6,9-13H2,1H3. The Hall–Kier alpha value is -0.860. The van der Waals surface area contributed by atoms with Gasteiger partial charge >= 0.3 is 0 Å². The molecule has 0 aromatic heterocycles. The molecule has 2 N–H and O–H groups in total. The van der Waals surface area contributed by atoms with Crippen LogP contribution in [0.2, 0.25) is 0 Å². The van der Waals surface area contributed by atoms with E-state index < -0.39 is 0 Å². The van der Waals surface area contributed by atoms with Crippen LogP contribution >= 0.6 is 0 Å². The third-order valence-electron chi connectivity index (χ3n) is 4.34. The molecule has 3 unspecified atom stereocenters. The Labute approximate surface area is 117 Å². The van der Waals surface area contributed by atoms with E-state index in [0.29, 0.717) is 24.5 Å². The van der Waals surface area contributed by atoms with Crippen LogP contribution in [0.4, 0.5) is 0 Å². The van der Waals surface area contributed by atoms with Crippen LogP contribution in [0.15, 0.2) is 30.3 Å². The van der Waals surface area contributed by atoms with Crippen molar-refractivity contribution in [2.75, 3.05) is 13.2 Å². The fraction of sp³-hybridized carbons (Fsp3) is 0.647. The maximum atomic E-state index is 8.98. The monoisotopic (exact) mass is 261 g/mol. The summed E-state index contributed by atoms with van der Waals surface area (Å²) < 4.78 is 0. The summed E-state index contributed by atoms with van der Waals surface area (Å²) in [6.07, 6.45) is 6.18. The smallest absolute Gasteiger partial charge is 0.0434 e. The molecule has 1 aromatic carbocycles. The number of rotatable bonds is 6. The van der Waals surface area contributed by atoms with E-state index in [1.165, 1.54) is 31.2 Å². The van der Waals surface area contributed by atoms with Gasteiger partial charge in [0.05, 0.1) is 0 Å². The van der Waals surface area contributed by atoms with E-state index >= 15 is 0 Å². The van der Waals surface area contributed by atoms with E-state index in [2.05, 4.69) is 42.6 Å². The van der Waals surface area contributed by atoms with E-state index in [1.807, 2.05) is 0 Å². The summed E-state index contributed by atoms with van der Waals surface area (Å²) in [5.74, 6) is 1.22. The molecule has 1 fully saturated rings. The van der Waals surface area contributed by atoms with Crippen LogP contribution in [0, 0.1) is 5.92 Å². The number of aliphatic hydroxyl groups excluding tert-OH is 1. The highest BCUT2D eigenvalue weighted by atomic mass is 16.3. The predicted molar refractivity (Wildman–Crippen MR) is 80.3 cm³/mol. The van der Waals surface area contributed by atoms with E-state index in [4.69, 9.17) is 5.11 Å². The van der Waals surface area contributed by atoms with Crippen LogP contribution in [0.25, 0.3) is 0 Å². The van der Waals surface area contributed by atoms with Crippen LogP contribution in [0.1, 0.15) is 50.5 Å². The summed E-state index contributed by atoms with van der Waals surface area (Å²) >= 11 is 0. The molecule has 0 spiro atoms. The molecule has 3 atom stereocenters. The van der Waals surface area contributed by atoms with Crippen molar-refractivity contribution in [2.45, 2.75) is 51.0 Å². The largest absolute Gasteiger partial charge is 0.396 e. The van der Waals surface area contributed by atoms with Gasteiger partial charge in [0.1, 0.15) is 0 Å². The minimum absolute atomic E-state index is 0.301. The van der Waals surface area contributed by atoms with Gasteiger partial charge in [-0.2, -0.15) is 0 Å². The molecule has 1 saturated carbocycles. The molecule has 2 heteroatoms. The van der Waals surface area contributed by atoms with Crippen molar-refractivity contribution >= 4 is 0 Å². The van der Waals surface area contributed by atoms with Crippen molar-refractivity contribution in [3.63, 3.8) is 0 Å². The highest BCUT2D eigenvalue weighted by Crippen LogP contribution is 2.33. The van der Waals surface area contributed by atoms with Crippen LogP contribution in [-0.2, 0) is 0 Å². The van der Waals surface area contributed by atoms with E-state index in [-0.39, 0.29) is 0 Å². The molecule has 2 nitrogen and oxygen atoms in total. The first-order valence-corrected chi connectivity index (χ1v) is 7.70. The number of hydrogen-bond donors (Lipinski definition) is 2. The summed E-state index contributed by atoms with van der Waals surface area (Å²) in [7, 11) is 0. The summed E-state index contributed by atoms with van der Waals surface area (Å²) in [6.45, 7) is 3.54. The van der Waals surface area contributed by atoms with Crippen molar-refractivity contribution in [3.8, 4) is 0 Å². The number of nitrogens with one attached hydrogen (secondary N) is 1. The summed E-state index contributed by atoms with van der Waals surface area (Å²) in [6, 6.07) is 11.5. The molecule has 1 aliphatic carbocycles. The second kappa shape index (κ2) is 7.66. The van der Waals surface area contributed by atoms with Gasteiger partial charge in [0, 0.05) is 12.6 Å². The average molecular weight is 261 g/mol. The molecular formula is C17H27NO. The zero-order chi connectivity index (χ0) is 13.5. The Morgan fingerprint density at radius 1 is 1.21 bits per heavy atom. The van der Waals surface area contributed by atoms with E-state index in [9.17, 15) is 0 Å². The summed E-state index contributed by atoms with van der Waals surface area (Å²) in [5, 5.41) is 12.7. The third-order valence-corrected chi connectivity index (χ3v) is 4.34. The lowest BCUT2D eigenvalue weighted by Crippen LogP contribution is -2.39. The molecule has 1 aromatic rings. The van der Waals surface area contributed by atoms with Crippen molar-refractivity contribution in [2.24, 2.45) is 5.92 Å². The SMILES string of the molecule is CC(CCO)CNC1CCCCC1c1ccccc1. The molecule has 0 heterocycles. The highest BCUT2D eigenvalue weighted by molar-refractivity contribution is 5.21. The molecule has 0 radical (unpaired) electrons. The Balaban J connectivity index is 1.93. The van der Waals surface area contributed by atoms with Gasteiger partial charge in [0.2, 0.25) is 0 Å². The number of hydrogen-bond acceptors (Lipinski definition) is 2. The van der Waals surface area contributed by atoms with E-state index in [0.717, 1.165) is 13.0 Å². The molecular weight excluding hydrogens is 234 g/mol. The van der Waals surface area contributed by atoms with Crippen molar-refractivity contribution in [1.82, 2.24) is 5.32 Å². The molecule has 19 heavy (non-hydrogen) atoms. The van der Waals surface area contributed by atoms with Crippen molar-refractivity contribution in [3.05, 3.63) is 35.9 Å². The second-order valence-corrected chi connectivity index (χ2v) is 5.93. The maximum absolute atomic E-state index is 8.98. The topological polar surface area (TPSA) is 32.3 Å². The number of aliphatic hydroxyl groups is 1. The molecule has 0 aliphatic heterocycles. The fourth-order valence-corrected chi connectivity index (χ4v) is 3.15. The first kappa shape index (κ1) is 14.5. The molecule has 0 amide bonds. The van der Waals surface area contributed by atoms with Gasteiger partial charge in [0.25, 0.3) is 0 Å². The van der Waals surface area contributed by atoms with Gasteiger partial charge < -0.3 is 10.4 Å². The first-order chi connectivity index (χ1) is 9.31. The summed E-state index contributed by atoms with van der Waals surface area (Å²) in [5.41, 5.74) is 1.48. The van der Waals surface area contributed by atoms with E-state index in [1.54, 1.807) is 0 Å². The Bertz CT molecular complexity index is 352. The zero-order valence-corrected chi connectivity index (χ0v) is 12.0. The van der Waals surface area contributed by atoms with Gasteiger partial charge in [0.15, 0.2) is 0 Å². The highest BCUT2D eigenvalue weighted by Gasteiger charge is 2.26. The van der Waals surface area contributed by atoms with Gasteiger partial charge in [-0.1, -0.05) is 50.1 Å². The molecule has 0 bridgehead atoms. The van der Waals surface area contributed by atoms with Crippen molar-refractivity contribution < 1.29 is 5.11 Å². The zero-order valence-electron chi connectivity index (χ0n) is 12.0. The Morgan fingerprint density at radius 3 is 2.68 bits per heavy atom. The quantitative estimate of drug-likeness (QED) is 0.823. The second-order valence-electron chi connectivity index (χ2n) is 5.93. The lowest BCUT2D eigenvalue weighted by atomic mass is 9.80. The Morgan fingerprint density at radius 2 is 1.95 bits per heavy atom. The van der Waals surface area contributed by atoms with Crippen LogP contribution < -0.4 is 5.32 Å². The Kier molecular flexibility index (Phi) is 5.87. The van der Waals surface area contributed by atoms with Gasteiger partial charge in [-0.3, -0.25) is 0 Å². The molecule has 106 valence electrons. The lowest BCUT2D eigenvalue weighted by molar-refractivity contribution is 0.249. The third kappa shape index (κ3) is 4.32. The minimum Gasteiger partial charge on any atom is -0.396 e. The molecule has 1 aliphatic rings. The lowest BCUT2D eigenvalue weighted by Gasteiger charge is -2.33. The summed E-state index contributed by atoms with van der Waals surface area (Å²) in [4.78, 5) is 0. The molecule has 0 saturated heterocycles. The van der Waals surface area contributed by atoms with Gasteiger partial charge in [-0.15, -0.1) is 0 Å². The maximum Gasteiger partial charge on any atom is 0.0434 e. The average Bonchev–Trinajstić information content (AvgIpc) is 2.47.